The lowest BCUT2D eigenvalue weighted by Gasteiger charge is -2.15. The summed E-state index contributed by atoms with van der Waals surface area (Å²) >= 11 is 5.87. The molecule has 2 rings (SSSR count). The highest BCUT2D eigenvalue weighted by atomic mass is 35.5. The second kappa shape index (κ2) is 6.89. The number of rotatable bonds is 5. The molecule has 1 aliphatic heterocycles. The van der Waals surface area contributed by atoms with Crippen LogP contribution in [0, 0.1) is 0 Å². The van der Waals surface area contributed by atoms with E-state index in [2.05, 4.69) is 15.5 Å². The average Bonchev–Trinajstić information content (AvgIpc) is 2.84. The molecule has 0 saturated carbocycles. The number of likely N-dealkylation sites (tertiary alicyclic amines) is 1. The van der Waals surface area contributed by atoms with Crippen molar-refractivity contribution in [2.24, 2.45) is 0 Å². The molecule has 1 atom stereocenters. The lowest BCUT2D eigenvalue weighted by atomic mass is 10.3. The quantitative estimate of drug-likeness (QED) is 0.867. The molecule has 4 nitrogen and oxygen atoms in total. The molecule has 1 heterocycles. The zero-order chi connectivity index (χ0) is 13.7. The van der Waals surface area contributed by atoms with Crippen LogP contribution in [0.4, 0.5) is 5.69 Å². The first-order valence-electron chi connectivity index (χ1n) is 6.62. The predicted octanol–water partition coefficient (Wildman–Crippen LogP) is 1.96. The highest BCUT2D eigenvalue weighted by molar-refractivity contribution is 6.30. The first-order valence-corrected chi connectivity index (χ1v) is 7.00. The third-order valence-corrected chi connectivity index (χ3v) is 3.68. The minimum atomic E-state index is 0.0372. The molecule has 19 heavy (non-hydrogen) atoms. The van der Waals surface area contributed by atoms with Crippen LogP contribution in [0.3, 0.4) is 0 Å². The van der Waals surface area contributed by atoms with Gasteiger partial charge in [-0.2, -0.15) is 0 Å². The third kappa shape index (κ3) is 4.49. The van der Waals surface area contributed by atoms with Crippen LogP contribution in [-0.2, 0) is 4.79 Å². The molecule has 0 bridgehead atoms. The Balaban J connectivity index is 1.73. The average molecular weight is 282 g/mol. The highest BCUT2D eigenvalue weighted by Crippen LogP contribution is 2.15. The largest absolute Gasteiger partial charge is 0.326 e. The molecule has 0 spiro atoms. The van der Waals surface area contributed by atoms with E-state index in [1.807, 2.05) is 19.2 Å². The molecule has 104 valence electrons. The van der Waals surface area contributed by atoms with Crippen LogP contribution >= 0.6 is 11.6 Å². The van der Waals surface area contributed by atoms with Crippen LogP contribution in [0.25, 0.3) is 0 Å². The van der Waals surface area contributed by atoms with Gasteiger partial charge >= 0.3 is 0 Å². The number of amides is 1. The molecule has 0 aliphatic carbocycles. The number of likely N-dealkylation sites (N-methyl/N-ethyl adjacent to an activating group) is 1. The highest BCUT2D eigenvalue weighted by Gasteiger charge is 2.20. The minimum Gasteiger partial charge on any atom is -0.326 e. The van der Waals surface area contributed by atoms with E-state index in [1.54, 1.807) is 12.1 Å². The fourth-order valence-corrected chi connectivity index (χ4v) is 2.51. The van der Waals surface area contributed by atoms with Gasteiger partial charge in [-0.3, -0.25) is 4.79 Å². The Labute approximate surface area is 119 Å². The molecule has 1 aliphatic rings. The molecular weight excluding hydrogens is 262 g/mol. The van der Waals surface area contributed by atoms with Gasteiger partial charge in [0, 0.05) is 36.3 Å². The van der Waals surface area contributed by atoms with Crippen LogP contribution in [0.2, 0.25) is 5.02 Å². The summed E-state index contributed by atoms with van der Waals surface area (Å²) in [7, 11) is 1.99. The van der Waals surface area contributed by atoms with Crippen LogP contribution in [-0.4, -0.2) is 43.5 Å². The normalized spacial score (nSPS) is 19.6. The summed E-state index contributed by atoms with van der Waals surface area (Å²) in [4.78, 5) is 14.2. The van der Waals surface area contributed by atoms with Gasteiger partial charge in [0.15, 0.2) is 0 Å². The van der Waals surface area contributed by atoms with Gasteiger partial charge in [0.25, 0.3) is 0 Å². The summed E-state index contributed by atoms with van der Waals surface area (Å²) in [5.41, 5.74) is 0.757. The molecule has 0 aromatic heterocycles. The number of hydrogen-bond donors (Lipinski definition) is 2. The van der Waals surface area contributed by atoms with E-state index in [0.29, 0.717) is 17.5 Å². The van der Waals surface area contributed by atoms with Gasteiger partial charge in [-0.25, -0.2) is 0 Å². The van der Waals surface area contributed by atoms with Crippen molar-refractivity contribution in [2.75, 3.05) is 32.0 Å². The maximum Gasteiger partial charge on any atom is 0.225 e. The molecule has 1 amide bonds. The van der Waals surface area contributed by atoms with E-state index in [4.69, 9.17) is 11.6 Å². The zero-order valence-corrected chi connectivity index (χ0v) is 11.9. The van der Waals surface area contributed by atoms with Gasteiger partial charge in [0.2, 0.25) is 5.91 Å². The van der Waals surface area contributed by atoms with Gasteiger partial charge in [-0.15, -0.1) is 0 Å². The van der Waals surface area contributed by atoms with Crippen molar-refractivity contribution in [2.45, 2.75) is 18.9 Å². The minimum absolute atomic E-state index is 0.0372. The number of nitrogens with zero attached hydrogens (tertiary/aromatic N) is 1. The number of hydrogen-bond acceptors (Lipinski definition) is 3. The first kappa shape index (κ1) is 14.3. The summed E-state index contributed by atoms with van der Waals surface area (Å²) in [6.07, 6.45) is 1.68. The number of carbonyl (C=O) groups excluding carboxylic acids is 1. The molecular formula is C14H20ClN3O. The smallest absolute Gasteiger partial charge is 0.225 e. The molecule has 1 aromatic rings. The Morgan fingerprint density at radius 1 is 1.53 bits per heavy atom. The number of carbonyl (C=O) groups is 1. The Morgan fingerprint density at radius 2 is 2.37 bits per heavy atom. The monoisotopic (exact) mass is 281 g/mol. The van der Waals surface area contributed by atoms with Gasteiger partial charge in [-0.05, 0) is 38.2 Å². The van der Waals surface area contributed by atoms with Crippen LogP contribution < -0.4 is 10.6 Å². The standard InChI is InChI=1S/C14H20ClN3O/c1-16-13-5-7-18(10-13)8-6-14(19)17-12-4-2-3-11(15)9-12/h2-4,9,13,16H,5-8,10H2,1H3,(H,17,19). The van der Waals surface area contributed by atoms with Crippen molar-refractivity contribution in [3.63, 3.8) is 0 Å². The fourth-order valence-electron chi connectivity index (χ4n) is 2.32. The van der Waals surface area contributed by atoms with Crippen molar-refractivity contribution in [3.8, 4) is 0 Å². The summed E-state index contributed by atoms with van der Waals surface area (Å²) in [6.45, 7) is 2.90. The Bertz CT molecular complexity index is 438. The van der Waals surface area contributed by atoms with Crippen LogP contribution in [0.15, 0.2) is 24.3 Å². The summed E-state index contributed by atoms with van der Waals surface area (Å²) < 4.78 is 0. The second-order valence-electron chi connectivity index (χ2n) is 4.88. The van der Waals surface area contributed by atoms with Gasteiger partial charge in [-0.1, -0.05) is 17.7 Å². The van der Waals surface area contributed by atoms with Crippen molar-refractivity contribution in [1.82, 2.24) is 10.2 Å². The Kier molecular flexibility index (Phi) is 5.19. The fraction of sp³-hybridized carbons (Fsp3) is 0.500. The number of anilines is 1. The first-order chi connectivity index (χ1) is 9.17. The SMILES string of the molecule is CNC1CCN(CCC(=O)Nc2cccc(Cl)c2)C1. The molecule has 0 radical (unpaired) electrons. The van der Waals surface area contributed by atoms with Crippen molar-refractivity contribution in [1.29, 1.82) is 0 Å². The molecule has 2 N–H and O–H groups in total. The number of benzene rings is 1. The summed E-state index contributed by atoms with van der Waals surface area (Å²) in [5, 5.41) is 6.77. The van der Waals surface area contributed by atoms with Crippen molar-refractivity contribution < 1.29 is 4.79 Å². The maximum atomic E-state index is 11.8. The molecule has 1 saturated heterocycles. The maximum absolute atomic E-state index is 11.8. The van der Waals surface area contributed by atoms with Crippen LogP contribution in [0.1, 0.15) is 12.8 Å². The van der Waals surface area contributed by atoms with E-state index in [0.717, 1.165) is 31.7 Å². The summed E-state index contributed by atoms with van der Waals surface area (Å²) in [6, 6.07) is 7.79. The number of halogens is 1. The zero-order valence-electron chi connectivity index (χ0n) is 11.2. The van der Waals surface area contributed by atoms with Gasteiger partial charge in [0.05, 0.1) is 0 Å². The van der Waals surface area contributed by atoms with E-state index in [9.17, 15) is 4.79 Å². The third-order valence-electron chi connectivity index (χ3n) is 3.44. The van der Waals surface area contributed by atoms with E-state index in [-0.39, 0.29) is 5.91 Å². The Hall–Kier alpha value is -1.10. The van der Waals surface area contributed by atoms with Gasteiger partial charge in [0.1, 0.15) is 0 Å². The van der Waals surface area contributed by atoms with Crippen LogP contribution in [0.5, 0.6) is 0 Å². The van der Waals surface area contributed by atoms with E-state index in [1.165, 1.54) is 0 Å². The number of nitrogens with one attached hydrogen (secondary N) is 2. The predicted molar refractivity (Wildman–Crippen MR) is 78.6 cm³/mol. The Morgan fingerprint density at radius 3 is 3.05 bits per heavy atom. The molecule has 1 fully saturated rings. The van der Waals surface area contributed by atoms with Crippen molar-refractivity contribution >= 4 is 23.2 Å². The topological polar surface area (TPSA) is 44.4 Å². The molecule has 1 unspecified atom stereocenters. The lowest BCUT2D eigenvalue weighted by Crippen LogP contribution is -2.31. The van der Waals surface area contributed by atoms with Crippen molar-refractivity contribution in [3.05, 3.63) is 29.3 Å². The second-order valence-corrected chi connectivity index (χ2v) is 5.32. The van der Waals surface area contributed by atoms with E-state index < -0.39 is 0 Å². The van der Waals surface area contributed by atoms with E-state index >= 15 is 0 Å². The molecule has 5 heteroatoms. The van der Waals surface area contributed by atoms with Gasteiger partial charge < -0.3 is 15.5 Å². The summed E-state index contributed by atoms with van der Waals surface area (Å²) in [5.74, 6) is 0.0372. The lowest BCUT2D eigenvalue weighted by molar-refractivity contribution is -0.116. The molecule has 1 aromatic carbocycles.